The van der Waals surface area contributed by atoms with Crippen LogP contribution in [0, 0.1) is 0 Å². The number of nitrogens with zero attached hydrogens (tertiary/aromatic N) is 2. The van der Waals surface area contributed by atoms with Crippen molar-refractivity contribution in [3.8, 4) is 5.75 Å². The van der Waals surface area contributed by atoms with Crippen LogP contribution in [0.5, 0.6) is 5.75 Å². The normalized spacial score (nSPS) is 22.9. The lowest BCUT2D eigenvalue weighted by atomic mass is 9.69. The molecule has 6 nitrogen and oxygen atoms in total. The fraction of sp³-hybridized carbons (Fsp3) is 0.133. The van der Waals surface area contributed by atoms with Crippen molar-refractivity contribution in [2.45, 2.75) is 17.6 Å². The summed E-state index contributed by atoms with van der Waals surface area (Å²) in [6.45, 7) is 0. The molecule has 4 aromatic carbocycles. The minimum atomic E-state index is -1.34. The first-order valence-electron chi connectivity index (χ1n) is 11.9. The number of methoxy groups -OCH3 is 1. The summed E-state index contributed by atoms with van der Waals surface area (Å²) in [5.41, 5.74) is 1.37. The Bertz CT molecular complexity index is 1440. The maximum atomic E-state index is 14.6. The Balaban J connectivity index is 1.60. The molecule has 2 aliphatic rings. The van der Waals surface area contributed by atoms with Crippen molar-refractivity contribution in [1.29, 1.82) is 0 Å². The third-order valence-electron chi connectivity index (χ3n) is 7.08. The number of rotatable bonds is 5. The number of carbonyl (C=O) groups is 2. The number of para-hydroxylation sites is 1. The molecular formula is C30H23ClN2O4. The number of hydroxylamine groups is 1. The van der Waals surface area contributed by atoms with Crippen molar-refractivity contribution >= 4 is 34.8 Å². The molecule has 0 N–H and O–H groups in total. The highest BCUT2D eigenvalue weighted by atomic mass is 35.5. The van der Waals surface area contributed by atoms with Gasteiger partial charge in [0.25, 0.3) is 5.91 Å². The Hall–Kier alpha value is -4.13. The Morgan fingerprint density at radius 1 is 0.784 bits per heavy atom. The highest BCUT2D eigenvalue weighted by Gasteiger charge is 2.72. The molecule has 4 aromatic rings. The van der Waals surface area contributed by atoms with E-state index in [1.807, 2.05) is 84.9 Å². The lowest BCUT2D eigenvalue weighted by Crippen LogP contribution is -2.46. The monoisotopic (exact) mass is 510 g/mol. The quantitative estimate of drug-likeness (QED) is 0.321. The van der Waals surface area contributed by atoms with Crippen LogP contribution in [-0.4, -0.2) is 25.0 Å². The summed E-state index contributed by atoms with van der Waals surface area (Å²) in [6, 6.07) is 32.5. The van der Waals surface area contributed by atoms with Crippen molar-refractivity contribution in [1.82, 2.24) is 0 Å². The maximum absolute atomic E-state index is 14.6. The van der Waals surface area contributed by atoms with E-state index in [0.717, 1.165) is 11.3 Å². The van der Waals surface area contributed by atoms with E-state index >= 15 is 0 Å². The number of ether oxygens (including phenoxy) is 1. The number of halogens is 1. The molecule has 37 heavy (non-hydrogen) atoms. The van der Waals surface area contributed by atoms with Crippen LogP contribution in [0.15, 0.2) is 109 Å². The smallest absolute Gasteiger partial charge is 0.267 e. The standard InChI is InChI=1S/C30H23ClN2O4/c1-36-25-18-12-20(13-19-25)26-30(21-8-4-2-5-9-21)27(37-33(26)24-10-6-3-7-11-24)28(34)32(29(30)35)23-16-14-22(31)15-17-23/h2-19,26-27H,1H3/t26-,27+,30+/m1/s1. The Morgan fingerprint density at radius 3 is 2.03 bits per heavy atom. The number of hydrogen-bond acceptors (Lipinski definition) is 5. The molecule has 0 aromatic heterocycles. The van der Waals surface area contributed by atoms with Crippen molar-refractivity contribution in [2.24, 2.45) is 0 Å². The number of anilines is 2. The molecule has 3 atom stereocenters. The van der Waals surface area contributed by atoms with E-state index in [2.05, 4.69) is 0 Å². The van der Waals surface area contributed by atoms with E-state index in [-0.39, 0.29) is 5.91 Å². The van der Waals surface area contributed by atoms with Crippen LogP contribution in [0.25, 0.3) is 0 Å². The minimum absolute atomic E-state index is 0.352. The van der Waals surface area contributed by atoms with Gasteiger partial charge in [0, 0.05) is 5.02 Å². The topological polar surface area (TPSA) is 59.1 Å². The third-order valence-corrected chi connectivity index (χ3v) is 7.33. The second kappa shape index (κ2) is 9.07. The van der Waals surface area contributed by atoms with Gasteiger partial charge in [-0.2, -0.15) is 0 Å². The largest absolute Gasteiger partial charge is 0.497 e. The van der Waals surface area contributed by atoms with Crippen LogP contribution in [0.4, 0.5) is 11.4 Å². The second-order valence-electron chi connectivity index (χ2n) is 9.01. The van der Waals surface area contributed by atoms with Crippen LogP contribution in [-0.2, 0) is 19.8 Å². The molecule has 0 saturated carbocycles. The Morgan fingerprint density at radius 2 is 1.41 bits per heavy atom. The van der Waals surface area contributed by atoms with E-state index in [0.29, 0.717) is 22.0 Å². The van der Waals surface area contributed by atoms with Gasteiger partial charge in [-0.25, -0.2) is 9.96 Å². The first kappa shape index (κ1) is 23.3. The molecule has 6 rings (SSSR count). The van der Waals surface area contributed by atoms with E-state index in [1.165, 1.54) is 4.90 Å². The average molecular weight is 511 g/mol. The molecule has 2 fully saturated rings. The van der Waals surface area contributed by atoms with Gasteiger partial charge in [-0.1, -0.05) is 72.3 Å². The fourth-order valence-electron chi connectivity index (χ4n) is 5.41. The summed E-state index contributed by atoms with van der Waals surface area (Å²) < 4.78 is 5.38. The molecular weight excluding hydrogens is 488 g/mol. The summed E-state index contributed by atoms with van der Waals surface area (Å²) in [6.07, 6.45) is -1.08. The van der Waals surface area contributed by atoms with Gasteiger partial charge in [0.15, 0.2) is 6.10 Å². The predicted molar refractivity (Wildman–Crippen MR) is 142 cm³/mol. The van der Waals surface area contributed by atoms with Crippen molar-refractivity contribution in [3.63, 3.8) is 0 Å². The number of hydrogen-bond donors (Lipinski definition) is 0. The number of fused-ring (bicyclic) bond motifs is 1. The molecule has 2 aliphatic heterocycles. The van der Waals surface area contributed by atoms with E-state index < -0.39 is 23.5 Å². The molecule has 2 heterocycles. The van der Waals surface area contributed by atoms with Crippen molar-refractivity contribution < 1.29 is 19.2 Å². The number of carbonyl (C=O) groups excluding carboxylic acids is 2. The van der Waals surface area contributed by atoms with Gasteiger partial charge in [-0.3, -0.25) is 14.4 Å². The molecule has 184 valence electrons. The summed E-state index contributed by atoms with van der Waals surface area (Å²) in [4.78, 5) is 36.3. The average Bonchev–Trinajstić information content (AvgIpc) is 3.41. The van der Waals surface area contributed by atoms with Gasteiger partial charge in [0.2, 0.25) is 5.91 Å². The lowest BCUT2D eigenvalue weighted by molar-refractivity contribution is -0.126. The number of benzene rings is 4. The van der Waals surface area contributed by atoms with Crippen LogP contribution in [0.2, 0.25) is 5.02 Å². The zero-order valence-electron chi connectivity index (χ0n) is 20.0. The third kappa shape index (κ3) is 3.52. The van der Waals surface area contributed by atoms with Gasteiger partial charge in [-0.05, 0) is 59.7 Å². The molecule has 2 amide bonds. The molecule has 2 saturated heterocycles. The van der Waals surface area contributed by atoms with Gasteiger partial charge in [-0.15, -0.1) is 0 Å². The summed E-state index contributed by atoms with van der Waals surface area (Å²) in [5, 5.41) is 2.22. The Labute approximate surface area is 219 Å². The zero-order valence-corrected chi connectivity index (χ0v) is 20.7. The van der Waals surface area contributed by atoms with Gasteiger partial charge >= 0.3 is 0 Å². The predicted octanol–water partition coefficient (Wildman–Crippen LogP) is 5.72. The maximum Gasteiger partial charge on any atom is 0.267 e. The zero-order chi connectivity index (χ0) is 25.6. The molecule has 0 bridgehead atoms. The van der Waals surface area contributed by atoms with Gasteiger partial charge < -0.3 is 4.74 Å². The van der Waals surface area contributed by atoms with Crippen molar-refractivity contribution in [3.05, 3.63) is 125 Å². The highest BCUT2D eigenvalue weighted by molar-refractivity contribution is 6.31. The minimum Gasteiger partial charge on any atom is -0.497 e. The molecule has 0 unspecified atom stereocenters. The van der Waals surface area contributed by atoms with Crippen LogP contribution in [0.1, 0.15) is 17.2 Å². The van der Waals surface area contributed by atoms with E-state index in [4.69, 9.17) is 21.2 Å². The first-order valence-corrected chi connectivity index (χ1v) is 12.3. The second-order valence-corrected chi connectivity index (χ2v) is 9.45. The van der Waals surface area contributed by atoms with Crippen LogP contribution < -0.4 is 14.7 Å². The van der Waals surface area contributed by atoms with Gasteiger partial charge in [0.05, 0.1) is 18.5 Å². The van der Waals surface area contributed by atoms with Crippen molar-refractivity contribution in [2.75, 3.05) is 17.1 Å². The van der Waals surface area contributed by atoms with E-state index in [1.54, 1.807) is 36.4 Å². The van der Waals surface area contributed by atoms with Crippen LogP contribution >= 0.6 is 11.6 Å². The number of imide groups is 1. The summed E-state index contributed by atoms with van der Waals surface area (Å²) in [7, 11) is 1.61. The van der Waals surface area contributed by atoms with Crippen LogP contribution in [0.3, 0.4) is 0 Å². The Kier molecular flexibility index (Phi) is 5.71. The lowest BCUT2D eigenvalue weighted by Gasteiger charge is -2.35. The fourth-order valence-corrected chi connectivity index (χ4v) is 5.53. The molecule has 0 aliphatic carbocycles. The van der Waals surface area contributed by atoms with Gasteiger partial charge in [0.1, 0.15) is 17.2 Å². The molecule has 7 heteroatoms. The molecule has 0 spiro atoms. The molecule has 0 radical (unpaired) electrons. The SMILES string of the molecule is COc1ccc([C@H]2N(c3ccccc3)O[C@H]3C(=O)N(c4ccc(Cl)cc4)C(=O)[C@]32c2ccccc2)cc1. The highest BCUT2D eigenvalue weighted by Crippen LogP contribution is 2.57. The number of amides is 2. The first-order chi connectivity index (χ1) is 18.1. The summed E-state index contributed by atoms with van der Waals surface area (Å²) in [5.74, 6) is -0.0840. The summed E-state index contributed by atoms with van der Waals surface area (Å²) >= 11 is 6.10. The van der Waals surface area contributed by atoms with E-state index in [9.17, 15) is 9.59 Å².